The van der Waals surface area contributed by atoms with Crippen LogP contribution in [0.5, 0.6) is 0 Å². The molecule has 0 aromatic rings. The van der Waals surface area contributed by atoms with E-state index in [0.29, 0.717) is 25.2 Å². The van der Waals surface area contributed by atoms with Gasteiger partial charge in [-0.2, -0.15) is 0 Å². The molecule has 0 bridgehead atoms. The van der Waals surface area contributed by atoms with Gasteiger partial charge in [0, 0.05) is 6.42 Å². The number of carboxylic acids is 2. The molecule has 234 valence electrons. The number of aliphatic carboxylic acids is 2. The second-order valence-corrected chi connectivity index (χ2v) is 14.3. The smallest absolute Gasteiger partial charge is 0.335 e. The fourth-order valence-corrected chi connectivity index (χ4v) is 10.2. The molecule has 16 atom stereocenters. The predicted octanol–water partition coefficient (Wildman–Crippen LogP) is 1.37. The average molecular weight is 585 g/mol. The molecule has 11 heteroatoms. The molecule has 0 aromatic carbocycles. The molecule has 4 aliphatic carbocycles. The minimum atomic E-state index is -1.85. The highest BCUT2D eigenvalue weighted by atomic mass is 16.7. The Morgan fingerprint density at radius 1 is 0.854 bits per heavy atom. The van der Waals surface area contributed by atoms with Crippen molar-refractivity contribution in [1.29, 1.82) is 0 Å². The first-order chi connectivity index (χ1) is 19.2. The predicted molar refractivity (Wildman–Crippen MR) is 143 cm³/mol. The summed E-state index contributed by atoms with van der Waals surface area (Å²) < 4.78 is 11.7. The van der Waals surface area contributed by atoms with Gasteiger partial charge in [-0.3, -0.25) is 4.79 Å². The average Bonchev–Trinajstić information content (AvgIpc) is 3.27. The summed E-state index contributed by atoms with van der Waals surface area (Å²) in [6.45, 7) is 6.62. The molecule has 1 saturated heterocycles. The maximum atomic E-state index is 12.1. The third-order valence-electron chi connectivity index (χ3n) is 12.4. The quantitative estimate of drug-likeness (QED) is 0.214. The van der Waals surface area contributed by atoms with Crippen LogP contribution in [0.15, 0.2) is 0 Å². The van der Waals surface area contributed by atoms with Crippen molar-refractivity contribution >= 4 is 11.9 Å². The van der Waals surface area contributed by atoms with E-state index in [1.54, 1.807) is 0 Å². The summed E-state index contributed by atoms with van der Waals surface area (Å²) in [6, 6.07) is 0. The van der Waals surface area contributed by atoms with Crippen LogP contribution >= 0.6 is 0 Å². The van der Waals surface area contributed by atoms with Gasteiger partial charge in [-0.15, -0.1) is 0 Å². The number of hydrogen-bond donors (Lipinski definition) is 7. The zero-order valence-corrected chi connectivity index (χ0v) is 24.2. The Hall–Kier alpha value is -1.34. The summed E-state index contributed by atoms with van der Waals surface area (Å²) in [4.78, 5) is 23.0. The van der Waals surface area contributed by atoms with Gasteiger partial charge in [0.1, 0.15) is 18.3 Å². The minimum absolute atomic E-state index is 0.0858. The molecule has 0 spiro atoms. The Balaban J connectivity index is 1.45. The van der Waals surface area contributed by atoms with E-state index < -0.39 is 61.0 Å². The Morgan fingerprint density at radius 3 is 2.17 bits per heavy atom. The summed E-state index contributed by atoms with van der Waals surface area (Å²) in [5, 5.41) is 72.9. The maximum Gasteiger partial charge on any atom is 0.335 e. The molecule has 0 radical (unpaired) electrons. The van der Waals surface area contributed by atoms with Crippen molar-refractivity contribution in [3.05, 3.63) is 0 Å². The van der Waals surface area contributed by atoms with Crippen molar-refractivity contribution in [2.75, 3.05) is 0 Å². The lowest BCUT2D eigenvalue weighted by molar-refractivity contribution is -0.335. The highest BCUT2D eigenvalue weighted by molar-refractivity contribution is 5.73. The van der Waals surface area contributed by atoms with Crippen LogP contribution in [-0.2, 0) is 19.1 Å². The molecule has 1 aliphatic heterocycles. The molecule has 1 heterocycles. The van der Waals surface area contributed by atoms with Gasteiger partial charge >= 0.3 is 11.9 Å². The molecule has 5 aliphatic rings. The molecule has 0 amide bonds. The third kappa shape index (κ3) is 5.13. The Morgan fingerprint density at radius 2 is 1.51 bits per heavy atom. The van der Waals surface area contributed by atoms with E-state index in [0.717, 1.165) is 32.1 Å². The van der Waals surface area contributed by atoms with Crippen molar-refractivity contribution in [2.45, 2.75) is 128 Å². The summed E-state index contributed by atoms with van der Waals surface area (Å²) in [7, 11) is 0. The van der Waals surface area contributed by atoms with Gasteiger partial charge in [0.15, 0.2) is 12.4 Å². The first-order valence-corrected chi connectivity index (χ1v) is 15.4. The lowest BCUT2D eigenvalue weighted by Crippen LogP contribution is -2.67. The second kappa shape index (κ2) is 11.3. The van der Waals surface area contributed by atoms with E-state index in [2.05, 4.69) is 20.8 Å². The monoisotopic (exact) mass is 584 g/mol. The first-order valence-electron chi connectivity index (χ1n) is 15.4. The number of rotatable bonds is 7. The Kier molecular flexibility index (Phi) is 8.57. The molecule has 5 rings (SSSR count). The maximum absolute atomic E-state index is 12.1. The Bertz CT molecular complexity index is 991. The summed E-state index contributed by atoms with van der Waals surface area (Å²) in [5.74, 6) is -1.83. The lowest BCUT2D eigenvalue weighted by atomic mass is 9.43. The van der Waals surface area contributed by atoms with Gasteiger partial charge in [-0.05, 0) is 97.7 Å². The molecule has 5 fully saturated rings. The van der Waals surface area contributed by atoms with Gasteiger partial charge in [-0.1, -0.05) is 20.8 Å². The number of aliphatic hydroxyl groups excluding tert-OH is 5. The number of aliphatic hydroxyl groups is 5. The van der Waals surface area contributed by atoms with Crippen molar-refractivity contribution in [3.63, 3.8) is 0 Å². The Labute approximate surface area is 240 Å². The first kappa shape index (κ1) is 31.1. The van der Waals surface area contributed by atoms with E-state index in [-0.39, 0.29) is 46.8 Å². The van der Waals surface area contributed by atoms with Crippen molar-refractivity contribution < 1.29 is 54.8 Å². The molecule has 0 unspecified atom stereocenters. The van der Waals surface area contributed by atoms with Crippen molar-refractivity contribution in [1.82, 2.24) is 0 Å². The van der Waals surface area contributed by atoms with E-state index in [9.17, 15) is 45.3 Å². The van der Waals surface area contributed by atoms with Gasteiger partial charge in [0.05, 0.1) is 18.3 Å². The van der Waals surface area contributed by atoms with Crippen LogP contribution in [0.4, 0.5) is 0 Å². The SMILES string of the molecule is C[C@H](CCC(=O)O)[C@H]1CC[C@H]2[C@@H]3[C@H](O)[C@H](O[C@@H]4O[C@H](C(=O)O)[C@@H](O)[C@H](O)[C@H]4O)[C@@H]4C[C@H](O)CC[C@]4(C)[C@H]3CC[C@]12C. The molecule has 11 nitrogen and oxygen atoms in total. The van der Waals surface area contributed by atoms with E-state index in [4.69, 9.17) is 9.47 Å². The fraction of sp³-hybridized carbons (Fsp3) is 0.933. The van der Waals surface area contributed by atoms with Crippen molar-refractivity contribution in [2.24, 2.45) is 46.3 Å². The van der Waals surface area contributed by atoms with E-state index >= 15 is 0 Å². The standard InChI is InChI=1S/C30H48O11/c1-13(4-7-19(32)33)15-5-6-16-20-17(9-11-29(15,16)2)30(3)10-8-14(31)12-18(30)25(21(20)34)40-28-24(37)22(35)23(36)26(41-28)27(38)39/h13-18,20-26,28,31,34-37H,4-12H2,1-3H3,(H,32,33)(H,38,39)/t13-,14-,15-,16+,17+,18+,20+,21+,22+,23+,24-,25-,26+,28-,29-,30-/m1/s1. The zero-order chi connectivity index (χ0) is 30.0. The molecular weight excluding hydrogens is 536 g/mol. The van der Waals surface area contributed by atoms with Crippen LogP contribution in [0.25, 0.3) is 0 Å². The van der Waals surface area contributed by atoms with Gasteiger partial charge in [-0.25, -0.2) is 4.79 Å². The summed E-state index contributed by atoms with van der Waals surface area (Å²) in [5.41, 5.74) is -0.371. The minimum Gasteiger partial charge on any atom is -0.481 e. The van der Waals surface area contributed by atoms with Crippen LogP contribution in [0.3, 0.4) is 0 Å². The highest BCUT2D eigenvalue weighted by Gasteiger charge is 2.66. The largest absolute Gasteiger partial charge is 0.481 e. The van der Waals surface area contributed by atoms with Crippen LogP contribution < -0.4 is 0 Å². The third-order valence-corrected chi connectivity index (χ3v) is 12.4. The number of carbonyl (C=O) groups is 2. The van der Waals surface area contributed by atoms with Gasteiger partial charge < -0.3 is 45.2 Å². The summed E-state index contributed by atoms with van der Waals surface area (Å²) in [6.07, 6.45) is -5.00. The number of hydrogen-bond acceptors (Lipinski definition) is 9. The van der Waals surface area contributed by atoms with Crippen LogP contribution in [-0.4, -0.2) is 96.7 Å². The van der Waals surface area contributed by atoms with Crippen LogP contribution in [0.1, 0.15) is 78.6 Å². The van der Waals surface area contributed by atoms with Crippen molar-refractivity contribution in [3.8, 4) is 0 Å². The van der Waals surface area contributed by atoms with E-state index in [1.807, 2.05) is 0 Å². The number of carboxylic acid groups (broad SMARTS) is 2. The zero-order valence-electron chi connectivity index (χ0n) is 24.2. The molecule has 7 N–H and O–H groups in total. The van der Waals surface area contributed by atoms with Crippen LogP contribution in [0, 0.1) is 46.3 Å². The molecular formula is C30H48O11. The topological polar surface area (TPSA) is 194 Å². The molecule has 4 saturated carbocycles. The molecule has 41 heavy (non-hydrogen) atoms. The molecule has 0 aromatic heterocycles. The summed E-state index contributed by atoms with van der Waals surface area (Å²) >= 11 is 0. The van der Waals surface area contributed by atoms with Gasteiger partial charge in [0.2, 0.25) is 0 Å². The van der Waals surface area contributed by atoms with Gasteiger partial charge in [0.25, 0.3) is 0 Å². The van der Waals surface area contributed by atoms with Crippen LogP contribution in [0.2, 0.25) is 0 Å². The number of ether oxygens (including phenoxy) is 2. The normalized spacial score (nSPS) is 52.1. The second-order valence-electron chi connectivity index (χ2n) is 14.3. The highest BCUT2D eigenvalue weighted by Crippen LogP contribution is 2.68. The lowest BCUT2D eigenvalue weighted by Gasteiger charge is -2.64. The fourth-order valence-electron chi connectivity index (χ4n) is 10.2. The van der Waals surface area contributed by atoms with E-state index in [1.165, 1.54) is 0 Å². The number of fused-ring (bicyclic) bond motifs is 5.